The number of rotatable bonds is 3. The van der Waals surface area contributed by atoms with Crippen LogP contribution in [0.5, 0.6) is 0 Å². The molecule has 0 bridgehead atoms. The van der Waals surface area contributed by atoms with E-state index in [9.17, 15) is 0 Å². The number of nitrogen functional groups attached to an aromatic ring is 1. The van der Waals surface area contributed by atoms with Gasteiger partial charge < -0.3 is 5.73 Å². The summed E-state index contributed by atoms with van der Waals surface area (Å²) < 4.78 is 0. The molecular weight excluding hydrogens is 206 g/mol. The highest BCUT2D eigenvalue weighted by atomic mass is 32.2. The van der Waals surface area contributed by atoms with E-state index in [-0.39, 0.29) is 0 Å². The average molecular weight is 217 g/mol. The molecule has 0 radical (unpaired) electrons. The first-order valence-electron chi connectivity index (χ1n) is 4.59. The van der Waals surface area contributed by atoms with Crippen LogP contribution >= 0.6 is 11.8 Å². The van der Waals surface area contributed by atoms with Crippen molar-refractivity contribution in [1.29, 1.82) is 0 Å². The number of benzene rings is 1. The van der Waals surface area contributed by atoms with Crippen molar-refractivity contribution in [2.24, 2.45) is 0 Å². The Morgan fingerprint density at radius 3 is 2.67 bits per heavy atom. The summed E-state index contributed by atoms with van der Waals surface area (Å²) in [5, 5.41) is 0.860. The Morgan fingerprint density at radius 2 is 1.93 bits per heavy atom. The zero-order valence-electron chi connectivity index (χ0n) is 8.13. The Morgan fingerprint density at radius 1 is 1.13 bits per heavy atom. The zero-order valence-corrected chi connectivity index (χ0v) is 8.95. The van der Waals surface area contributed by atoms with Gasteiger partial charge in [-0.1, -0.05) is 30.3 Å². The van der Waals surface area contributed by atoms with Crippen molar-refractivity contribution in [3.8, 4) is 0 Å². The lowest BCUT2D eigenvalue weighted by molar-refractivity contribution is 1.07. The number of thioether (sulfide) groups is 1. The Labute approximate surface area is 92.8 Å². The number of nitrogens with zero attached hydrogens (tertiary/aromatic N) is 2. The predicted molar refractivity (Wildman–Crippen MR) is 62.4 cm³/mol. The van der Waals surface area contributed by atoms with Gasteiger partial charge in [-0.2, -0.15) is 0 Å². The SMILES string of the molecule is Nc1cncc(SCc2ccccc2)n1. The van der Waals surface area contributed by atoms with Gasteiger partial charge in [-0.3, -0.25) is 4.98 Å². The van der Waals surface area contributed by atoms with Crippen molar-refractivity contribution in [2.45, 2.75) is 10.8 Å². The second-order valence-electron chi connectivity index (χ2n) is 3.06. The third-order valence-electron chi connectivity index (χ3n) is 1.86. The van der Waals surface area contributed by atoms with Crippen molar-refractivity contribution >= 4 is 17.6 Å². The molecule has 0 fully saturated rings. The van der Waals surface area contributed by atoms with Crippen LogP contribution in [0.2, 0.25) is 0 Å². The fraction of sp³-hybridized carbons (Fsp3) is 0.0909. The van der Waals surface area contributed by atoms with Gasteiger partial charge in [-0.05, 0) is 5.56 Å². The maximum atomic E-state index is 5.54. The molecule has 4 heteroatoms. The second kappa shape index (κ2) is 4.79. The van der Waals surface area contributed by atoms with Crippen molar-refractivity contribution in [3.63, 3.8) is 0 Å². The fourth-order valence-corrected chi connectivity index (χ4v) is 1.98. The minimum absolute atomic E-state index is 0.466. The van der Waals surface area contributed by atoms with Gasteiger partial charge in [0.25, 0.3) is 0 Å². The highest BCUT2D eigenvalue weighted by Crippen LogP contribution is 2.20. The molecule has 0 aliphatic rings. The molecule has 3 nitrogen and oxygen atoms in total. The molecule has 1 aromatic carbocycles. The molecule has 15 heavy (non-hydrogen) atoms. The standard InChI is InChI=1S/C11H11N3S/c12-10-6-13-7-11(14-10)15-8-9-4-2-1-3-5-9/h1-7H,8H2,(H2,12,14). The fourth-order valence-electron chi connectivity index (χ4n) is 1.16. The molecule has 2 rings (SSSR count). The van der Waals surface area contributed by atoms with Crippen LogP contribution in [-0.4, -0.2) is 9.97 Å². The molecule has 0 aliphatic carbocycles. The van der Waals surface area contributed by atoms with Crippen molar-refractivity contribution in [2.75, 3.05) is 5.73 Å². The summed E-state index contributed by atoms with van der Waals surface area (Å²) >= 11 is 1.63. The van der Waals surface area contributed by atoms with Crippen molar-refractivity contribution < 1.29 is 0 Å². The summed E-state index contributed by atoms with van der Waals surface area (Å²) in [6.07, 6.45) is 3.27. The maximum Gasteiger partial charge on any atom is 0.143 e. The van der Waals surface area contributed by atoms with Crippen LogP contribution in [0.1, 0.15) is 5.56 Å². The van der Waals surface area contributed by atoms with Crippen LogP contribution in [0.25, 0.3) is 0 Å². The van der Waals surface area contributed by atoms with E-state index in [4.69, 9.17) is 5.73 Å². The Hall–Kier alpha value is -1.55. The Balaban J connectivity index is 1.99. The zero-order chi connectivity index (χ0) is 10.5. The molecule has 0 atom stereocenters. The minimum atomic E-state index is 0.466. The summed E-state index contributed by atoms with van der Waals surface area (Å²) in [6.45, 7) is 0. The van der Waals surface area contributed by atoms with E-state index in [1.165, 1.54) is 5.56 Å². The maximum absolute atomic E-state index is 5.54. The first-order valence-corrected chi connectivity index (χ1v) is 5.57. The lowest BCUT2D eigenvalue weighted by atomic mass is 10.2. The van der Waals surface area contributed by atoms with E-state index in [0.29, 0.717) is 5.82 Å². The molecule has 76 valence electrons. The highest BCUT2D eigenvalue weighted by Gasteiger charge is 1.98. The van der Waals surface area contributed by atoms with Crippen molar-refractivity contribution in [1.82, 2.24) is 9.97 Å². The molecule has 1 heterocycles. The highest BCUT2D eigenvalue weighted by molar-refractivity contribution is 7.98. The van der Waals surface area contributed by atoms with Crippen LogP contribution in [0, 0.1) is 0 Å². The van der Waals surface area contributed by atoms with Gasteiger partial charge in [0, 0.05) is 5.75 Å². The normalized spacial score (nSPS) is 10.1. The van der Waals surface area contributed by atoms with Gasteiger partial charge in [0.15, 0.2) is 0 Å². The molecule has 2 aromatic rings. The number of hydrogen-bond acceptors (Lipinski definition) is 4. The summed E-state index contributed by atoms with van der Waals surface area (Å²) in [4.78, 5) is 8.15. The molecule has 1 aromatic heterocycles. The van der Waals surface area contributed by atoms with Gasteiger partial charge in [0.2, 0.25) is 0 Å². The number of hydrogen-bond donors (Lipinski definition) is 1. The lowest BCUT2D eigenvalue weighted by Crippen LogP contribution is -1.92. The second-order valence-corrected chi connectivity index (χ2v) is 4.05. The third-order valence-corrected chi connectivity index (χ3v) is 2.83. The van der Waals surface area contributed by atoms with Gasteiger partial charge in [-0.15, -0.1) is 11.8 Å². The molecule has 0 saturated carbocycles. The number of anilines is 1. The van der Waals surface area contributed by atoms with Crippen molar-refractivity contribution in [3.05, 3.63) is 48.3 Å². The van der Waals surface area contributed by atoms with Crippen LogP contribution in [0.4, 0.5) is 5.82 Å². The number of aromatic nitrogens is 2. The molecule has 0 saturated heterocycles. The van der Waals surface area contributed by atoms with Crippen LogP contribution in [0.3, 0.4) is 0 Å². The molecular formula is C11H11N3S. The van der Waals surface area contributed by atoms with Gasteiger partial charge in [-0.25, -0.2) is 4.98 Å². The van der Waals surface area contributed by atoms with Crippen LogP contribution < -0.4 is 5.73 Å². The monoisotopic (exact) mass is 217 g/mol. The molecule has 0 aliphatic heterocycles. The molecule has 0 unspecified atom stereocenters. The van der Waals surface area contributed by atoms with Gasteiger partial charge in [0.1, 0.15) is 10.8 Å². The first kappa shape index (κ1) is 9.98. The number of nitrogens with two attached hydrogens (primary N) is 1. The minimum Gasteiger partial charge on any atom is -0.382 e. The predicted octanol–water partition coefficient (Wildman–Crippen LogP) is 2.35. The average Bonchev–Trinajstić information content (AvgIpc) is 2.28. The van der Waals surface area contributed by atoms with Gasteiger partial charge in [0.05, 0.1) is 12.4 Å². The quantitative estimate of drug-likeness (QED) is 0.802. The van der Waals surface area contributed by atoms with Crippen LogP contribution in [-0.2, 0) is 5.75 Å². The Bertz CT molecular complexity index is 431. The largest absolute Gasteiger partial charge is 0.382 e. The summed E-state index contributed by atoms with van der Waals surface area (Å²) in [7, 11) is 0. The van der Waals surface area contributed by atoms with Crippen LogP contribution in [0.15, 0.2) is 47.8 Å². The van der Waals surface area contributed by atoms with E-state index >= 15 is 0 Å². The van der Waals surface area contributed by atoms with E-state index < -0.39 is 0 Å². The third kappa shape index (κ3) is 2.95. The van der Waals surface area contributed by atoms with E-state index in [0.717, 1.165) is 10.8 Å². The van der Waals surface area contributed by atoms with E-state index in [1.54, 1.807) is 24.2 Å². The molecule has 0 spiro atoms. The Kier molecular flexibility index (Phi) is 3.19. The van der Waals surface area contributed by atoms with E-state index in [2.05, 4.69) is 22.1 Å². The smallest absolute Gasteiger partial charge is 0.143 e. The first-order chi connectivity index (χ1) is 7.34. The van der Waals surface area contributed by atoms with E-state index in [1.807, 2.05) is 18.2 Å². The summed E-state index contributed by atoms with van der Waals surface area (Å²) in [5.74, 6) is 1.35. The van der Waals surface area contributed by atoms with Gasteiger partial charge >= 0.3 is 0 Å². The summed E-state index contributed by atoms with van der Waals surface area (Å²) in [5.41, 5.74) is 6.81. The summed E-state index contributed by atoms with van der Waals surface area (Å²) in [6, 6.07) is 10.2. The topological polar surface area (TPSA) is 51.8 Å². The molecule has 2 N–H and O–H groups in total. The lowest BCUT2D eigenvalue weighted by Gasteiger charge is -2.01. The molecule has 0 amide bonds.